The molecule has 1 amide bonds. The van der Waals surface area contributed by atoms with Crippen LogP contribution in [-0.2, 0) is 9.59 Å². The molecule has 2 aromatic rings. The van der Waals surface area contributed by atoms with Gasteiger partial charge in [-0.15, -0.1) is 0 Å². The zero-order chi connectivity index (χ0) is 20.8. The number of carbonyl (C=O) groups is 2. The van der Waals surface area contributed by atoms with Gasteiger partial charge in [-0.1, -0.05) is 54.7 Å². The molecular weight excluding hydrogens is 423 g/mol. The normalized spacial score (nSPS) is 23.2. The molecule has 8 heteroatoms. The minimum atomic E-state index is -1.32. The summed E-state index contributed by atoms with van der Waals surface area (Å²) < 4.78 is 0.253. The molecule has 5 nitrogen and oxygen atoms in total. The average molecular weight is 442 g/mol. The Morgan fingerprint density at radius 3 is 2.71 bits per heavy atom. The summed E-state index contributed by atoms with van der Waals surface area (Å²) in [6.07, 6.45) is 5.36. The molecule has 0 N–H and O–H groups in total. The van der Waals surface area contributed by atoms with Crippen LogP contribution in [-0.4, -0.2) is 33.7 Å². The Morgan fingerprint density at radius 1 is 1.19 bits per heavy atom. The van der Waals surface area contributed by atoms with E-state index < -0.39 is 12.5 Å². The predicted molar refractivity (Wildman–Crippen MR) is 120 cm³/mol. The van der Waals surface area contributed by atoms with Crippen LogP contribution >= 0.6 is 24.0 Å². The molecule has 3 aliphatic rings. The number of anilines is 2. The van der Waals surface area contributed by atoms with E-state index >= 15 is 0 Å². The second-order valence-electron chi connectivity index (χ2n) is 7.77. The SMILES string of the molecule is O=C([O-])CN1C(=O)/C(=C/c2ccc3c(c2)C2CCCC2N3c2ccccc2)SC1=S.[Li+]. The van der Waals surface area contributed by atoms with E-state index in [1.807, 2.05) is 18.2 Å². The Kier molecular flexibility index (Phi) is 6.32. The van der Waals surface area contributed by atoms with Crippen LogP contribution in [0.1, 0.15) is 36.3 Å². The average Bonchev–Trinajstić information content (AvgIpc) is 3.38. The molecule has 0 spiro atoms. The number of carbonyl (C=O) groups excluding carboxylic acids is 2. The molecule has 2 fully saturated rings. The van der Waals surface area contributed by atoms with Gasteiger partial charge in [-0.3, -0.25) is 9.69 Å². The summed E-state index contributed by atoms with van der Waals surface area (Å²) in [4.78, 5) is 27.4. The topological polar surface area (TPSA) is 63.7 Å². The fraction of sp³-hybridized carbons (Fsp3) is 0.261. The van der Waals surface area contributed by atoms with E-state index in [0.717, 1.165) is 28.6 Å². The molecule has 1 saturated heterocycles. The predicted octanol–water partition coefficient (Wildman–Crippen LogP) is 0.429. The monoisotopic (exact) mass is 442 g/mol. The van der Waals surface area contributed by atoms with Crippen LogP contribution in [0.3, 0.4) is 0 Å². The van der Waals surface area contributed by atoms with E-state index in [4.69, 9.17) is 12.2 Å². The maximum atomic E-state index is 12.6. The van der Waals surface area contributed by atoms with E-state index in [9.17, 15) is 14.7 Å². The van der Waals surface area contributed by atoms with Crippen LogP contribution in [0.25, 0.3) is 6.08 Å². The summed E-state index contributed by atoms with van der Waals surface area (Å²) in [5.74, 6) is -1.21. The standard InChI is InChI=1S/C23H20N2O3S2.Li/c26-21(27)13-24-22(28)20(30-23(24)29)12-14-9-10-19-17(11-14)16-7-4-8-18(16)25(19)15-5-2-1-3-6-15;/h1-3,5-6,9-12,16,18H,4,7-8,13H2,(H,26,27);/q;+1/p-1/b20-12-;. The molecule has 152 valence electrons. The number of thioether (sulfide) groups is 1. The fourth-order valence-electron chi connectivity index (χ4n) is 4.81. The van der Waals surface area contributed by atoms with Crippen LogP contribution < -0.4 is 28.9 Å². The van der Waals surface area contributed by atoms with Crippen molar-refractivity contribution in [3.05, 3.63) is 64.6 Å². The number of rotatable bonds is 4. The minimum absolute atomic E-state index is 0. The van der Waals surface area contributed by atoms with Crippen molar-refractivity contribution in [2.45, 2.75) is 31.2 Å². The van der Waals surface area contributed by atoms with E-state index in [0.29, 0.717) is 16.9 Å². The van der Waals surface area contributed by atoms with Gasteiger partial charge in [0.25, 0.3) is 5.91 Å². The van der Waals surface area contributed by atoms with Crippen molar-refractivity contribution in [3.8, 4) is 0 Å². The van der Waals surface area contributed by atoms with Gasteiger partial charge >= 0.3 is 18.9 Å². The van der Waals surface area contributed by atoms with Crippen molar-refractivity contribution in [1.82, 2.24) is 4.90 Å². The van der Waals surface area contributed by atoms with Gasteiger partial charge < -0.3 is 14.8 Å². The van der Waals surface area contributed by atoms with Crippen molar-refractivity contribution in [2.24, 2.45) is 0 Å². The van der Waals surface area contributed by atoms with E-state index in [-0.39, 0.29) is 29.1 Å². The number of amides is 1. The van der Waals surface area contributed by atoms with E-state index in [1.165, 1.54) is 29.8 Å². The molecule has 0 radical (unpaired) electrons. The summed E-state index contributed by atoms with van der Waals surface area (Å²) >= 11 is 6.31. The first-order chi connectivity index (χ1) is 14.5. The second kappa shape index (κ2) is 8.83. The van der Waals surface area contributed by atoms with Gasteiger partial charge in [0.05, 0.1) is 17.4 Å². The van der Waals surface area contributed by atoms with Crippen molar-refractivity contribution < 1.29 is 33.6 Å². The molecule has 31 heavy (non-hydrogen) atoms. The van der Waals surface area contributed by atoms with Gasteiger partial charge in [0.15, 0.2) is 0 Å². The summed E-state index contributed by atoms with van der Waals surface area (Å²) in [5.41, 5.74) is 4.70. The summed E-state index contributed by atoms with van der Waals surface area (Å²) in [6.45, 7) is -0.512. The van der Waals surface area contributed by atoms with Gasteiger partial charge in [0.2, 0.25) is 0 Å². The molecule has 0 aromatic heterocycles. The minimum Gasteiger partial charge on any atom is -0.548 e. The molecule has 0 bridgehead atoms. The van der Waals surface area contributed by atoms with Gasteiger partial charge in [-0.2, -0.15) is 0 Å². The molecule has 1 aliphatic carbocycles. The largest absolute Gasteiger partial charge is 1.00 e. The Labute approximate surface area is 202 Å². The van der Waals surface area contributed by atoms with Crippen LogP contribution in [0, 0.1) is 0 Å². The maximum Gasteiger partial charge on any atom is 1.00 e. The fourth-order valence-corrected chi connectivity index (χ4v) is 6.06. The number of carboxylic acids is 1. The van der Waals surface area contributed by atoms with Crippen molar-refractivity contribution in [1.29, 1.82) is 0 Å². The summed E-state index contributed by atoms with van der Waals surface area (Å²) in [6, 6.07) is 17.3. The number of para-hydroxylation sites is 1. The zero-order valence-corrected chi connectivity index (χ0v) is 18.7. The number of carboxylic acid groups (broad SMARTS) is 1. The van der Waals surface area contributed by atoms with E-state index in [2.05, 4.69) is 41.3 Å². The number of fused-ring (bicyclic) bond motifs is 3. The van der Waals surface area contributed by atoms with Crippen LogP contribution in [0.2, 0.25) is 0 Å². The van der Waals surface area contributed by atoms with Crippen molar-refractivity contribution in [3.63, 3.8) is 0 Å². The van der Waals surface area contributed by atoms with Gasteiger partial charge in [0, 0.05) is 23.3 Å². The van der Waals surface area contributed by atoms with E-state index in [1.54, 1.807) is 0 Å². The molecule has 5 rings (SSSR count). The van der Waals surface area contributed by atoms with Gasteiger partial charge in [-0.05, 0) is 54.3 Å². The number of nitrogens with zero attached hydrogens (tertiary/aromatic N) is 2. The molecular formula is C23H19LiN2O3S2. The van der Waals surface area contributed by atoms with Crippen LogP contribution in [0.5, 0.6) is 0 Å². The smallest absolute Gasteiger partial charge is 0.548 e. The Morgan fingerprint density at radius 2 is 1.97 bits per heavy atom. The zero-order valence-electron chi connectivity index (χ0n) is 17.1. The summed E-state index contributed by atoms with van der Waals surface area (Å²) in [7, 11) is 0. The summed E-state index contributed by atoms with van der Waals surface area (Å²) in [5, 5.41) is 10.9. The maximum absolute atomic E-state index is 12.6. The Bertz CT molecular complexity index is 1090. The van der Waals surface area contributed by atoms with Gasteiger partial charge in [0.1, 0.15) is 4.32 Å². The first-order valence-electron chi connectivity index (χ1n) is 9.96. The number of thiocarbonyl (C=S) groups is 1. The number of aliphatic carboxylic acids is 1. The van der Waals surface area contributed by atoms with Crippen LogP contribution in [0.15, 0.2) is 53.4 Å². The van der Waals surface area contributed by atoms with Crippen LogP contribution in [0.4, 0.5) is 11.4 Å². The third kappa shape index (κ3) is 3.96. The first kappa shape index (κ1) is 22.2. The molecule has 2 heterocycles. The van der Waals surface area contributed by atoms with Gasteiger partial charge in [-0.25, -0.2) is 0 Å². The quantitative estimate of drug-likeness (QED) is 0.389. The second-order valence-corrected chi connectivity index (χ2v) is 9.44. The molecule has 1 saturated carbocycles. The molecule has 2 unspecified atom stereocenters. The number of benzene rings is 2. The Hall–Kier alpha value is -2.04. The third-order valence-electron chi connectivity index (χ3n) is 6.01. The molecule has 2 aliphatic heterocycles. The Balaban J connectivity index is 0.00000231. The van der Waals surface area contributed by atoms with Crippen molar-refractivity contribution in [2.75, 3.05) is 11.4 Å². The molecule has 2 aromatic carbocycles. The number of hydrogen-bond donors (Lipinski definition) is 0. The molecule has 2 atom stereocenters. The number of hydrogen-bond acceptors (Lipinski definition) is 6. The van der Waals surface area contributed by atoms with Crippen molar-refractivity contribution >= 4 is 57.6 Å². The first-order valence-corrected chi connectivity index (χ1v) is 11.2. The third-order valence-corrected chi connectivity index (χ3v) is 7.39.